The van der Waals surface area contributed by atoms with Gasteiger partial charge in [-0.3, -0.25) is 4.79 Å². The molecule has 1 amide bonds. The molecule has 0 bridgehead atoms. The summed E-state index contributed by atoms with van der Waals surface area (Å²) in [5.74, 6) is -0.288. The molecule has 0 radical (unpaired) electrons. The smallest absolute Gasteiger partial charge is 0.254 e. The van der Waals surface area contributed by atoms with Crippen molar-refractivity contribution in [1.82, 2.24) is 10.0 Å². The van der Waals surface area contributed by atoms with Crippen molar-refractivity contribution < 1.29 is 17.9 Å². The highest BCUT2D eigenvalue weighted by atomic mass is 35.5. The van der Waals surface area contributed by atoms with E-state index in [-0.39, 0.29) is 23.2 Å². The molecular formula is C16H26ClN3O4S. The molecule has 7 nitrogen and oxygen atoms in total. The Morgan fingerprint density at radius 3 is 2.56 bits per heavy atom. The van der Waals surface area contributed by atoms with Crippen molar-refractivity contribution in [3.8, 4) is 0 Å². The minimum Gasteiger partial charge on any atom is -0.366 e. The maximum absolute atomic E-state index is 12.5. The molecule has 0 aromatic heterocycles. The molecule has 1 saturated heterocycles. The number of hydrogen-bond acceptors (Lipinski definition) is 5. The number of amides is 1. The summed E-state index contributed by atoms with van der Waals surface area (Å²) >= 11 is 0. The zero-order valence-corrected chi connectivity index (χ0v) is 16.5. The van der Waals surface area contributed by atoms with Gasteiger partial charge in [-0.2, -0.15) is 0 Å². The third-order valence-electron chi connectivity index (χ3n) is 3.49. The SMILES string of the molecule is Cc1c(NC(=O)C2CNCCO2)cccc1S(=O)(=O)NC(C)(C)C.Cl. The molecule has 1 aromatic rings. The van der Waals surface area contributed by atoms with Crippen LogP contribution in [0.2, 0.25) is 0 Å². The van der Waals surface area contributed by atoms with Crippen LogP contribution in [0, 0.1) is 6.92 Å². The van der Waals surface area contributed by atoms with Gasteiger partial charge in [0.1, 0.15) is 6.10 Å². The quantitative estimate of drug-likeness (QED) is 0.721. The van der Waals surface area contributed by atoms with E-state index in [0.29, 0.717) is 24.4 Å². The van der Waals surface area contributed by atoms with Crippen LogP contribution in [0.5, 0.6) is 0 Å². The van der Waals surface area contributed by atoms with Gasteiger partial charge in [0.15, 0.2) is 0 Å². The first-order chi connectivity index (χ1) is 11.1. The molecule has 0 saturated carbocycles. The van der Waals surface area contributed by atoms with Crippen molar-refractivity contribution >= 4 is 34.0 Å². The van der Waals surface area contributed by atoms with Crippen molar-refractivity contribution in [3.63, 3.8) is 0 Å². The fourth-order valence-corrected chi connectivity index (χ4v) is 4.13. The average molecular weight is 392 g/mol. The highest BCUT2D eigenvalue weighted by molar-refractivity contribution is 7.89. The molecule has 25 heavy (non-hydrogen) atoms. The van der Waals surface area contributed by atoms with E-state index in [1.807, 2.05) is 0 Å². The Kier molecular flexibility index (Phi) is 7.40. The number of hydrogen-bond donors (Lipinski definition) is 3. The number of halogens is 1. The second-order valence-corrected chi connectivity index (χ2v) is 8.49. The van der Waals surface area contributed by atoms with Gasteiger partial charge in [0, 0.05) is 24.3 Å². The molecule has 1 heterocycles. The van der Waals surface area contributed by atoms with E-state index < -0.39 is 21.7 Å². The summed E-state index contributed by atoms with van der Waals surface area (Å²) in [6.07, 6.45) is -0.578. The van der Waals surface area contributed by atoms with Crippen LogP contribution in [0.3, 0.4) is 0 Å². The van der Waals surface area contributed by atoms with Gasteiger partial charge in [-0.25, -0.2) is 13.1 Å². The lowest BCUT2D eigenvalue weighted by molar-refractivity contribution is -0.128. The molecule has 0 spiro atoms. The first-order valence-electron chi connectivity index (χ1n) is 7.87. The Balaban J connectivity index is 0.00000312. The molecule has 3 N–H and O–H groups in total. The molecule has 2 rings (SSSR count). The van der Waals surface area contributed by atoms with Gasteiger partial charge in [0.2, 0.25) is 10.0 Å². The van der Waals surface area contributed by atoms with Crippen LogP contribution in [-0.2, 0) is 19.6 Å². The highest BCUT2D eigenvalue weighted by Crippen LogP contribution is 2.24. The largest absolute Gasteiger partial charge is 0.366 e. The van der Waals surface area contributed by atoms with E-state index in [1.165, 1.54) is 6.07 Å². The van der Waals surface area contributed by atoms with Gasteiger partial charge in [-0.05, 0) is 45.4 Å². The summed E-state index contributed by atoms with van der Waals surface area (Å²) in [5.41, 5.74) is 0.365. The molecule has 1 fully saturated rings. The number of anilines is 1. The van der Waals surface area contributed by atoms with Gasteiger partial charge >= 0.3 is 0 Å². The molecule has 1 atom stereocenters. The molecule has 1 unspecified atom stereocenters. The second-order valence-electron chi connectivity index (χ2n) is 6.84. The summed E-state index contributed by atoms with van der Waals surface area (Å²) in [6.45, 7) is 8.63. The number of ether oxygens (including phenoxy) is 1. The number of rotatable bonds is 4. The molecule has 1 aliphatic rings. The van der Waals surface area contributed by atoms with Crippen molar-refractivity contribution in [2.45, 2.75) is 44.2 Å². The second kappa shape index (κ2) is 8.46. The number of sulfonamides is 1. The number of carbonyl (C=O) groups is 1. The summed E-state index contributed by atoms with van der Waals surface area (Å²) in [5, 5.41) is 5.84. The Hall–Kier alpha value is -1.19. The summed E-state index contributed by atoms with van der Waals surface area (Å²) in [7, 11) is -3.68. The molecule has 142 valence electrons. The van der Waals surface area contributed by atoms with E-state index in [0.717, 1.165) is 6.54 Å². The van der Waals surface area contributed by atoms with E-state index in [2.05, 4.69) is 15.4 Å². The lowest BCUT2D eigenvalue weighted by Crippen LogP contribution is -2.45. The predicted octanol–water partition coefficient (Wildman–Crippen LogP) is 1.42. The average Bonchev–Trinajstić information content (AvgIpc) is 2.47. The van der Waals surface area contributed by atoms with E-state index in [9.17, 15) is 13.2 Å². The fourth-order valence-electron chi connectivity index (χ4n) is 2.45. The maximum Gasteiger partial charge on any atom is 0.254 e. The van der Waals surface area contributed by atoms with E-state index in [1.54, 1.807) is 39.8 Å². The minimum atomic E-state index is -3.68. The van der Waals surface area contributed by atoms with Gasteiger partial charge in [0.25, 0.3) is 5.91 Å². The zero-order valence-electron chi connectivity index (χ0n) is 14.9. The van der Waals surface area contributed by atoms with Crippen LogP contribution in [0.1, 0.15) is 26.3 Å². The highest BCUT2D eigenvalue weighted by Gasteiger charge is 2.26. The lowest BCUT2D eigenvalue weighted by atomic mass is 10.1. The number of benzene rings is 1. The molecule has 1 aliphatic heterocycles. The Bertz CT molecular complexity index is 711. The van der Waals surface area contributed by atoms with Crippen molar-refractivity contribution in [2.24, 2.45) is 0 Å². The van der Waals surface area contributed by atoms with Crippen molar-refractivity contribution in [2.75, 3.05) is 25.0 Å². The van der Waals surface area contributed by atoms with Gasteiger partial charge in [-0.15, -0.1) is 12.4 Å². The lowest BCUT2D eigenvalue weighted by Gasteiger charge is -2.24. The first-order valence-corrected chi connectivity index (χ1v) is 9.35. The monoisotopic (exact) mass is 391 g/mol. The normalized spacial score (nSPS) is 18.3. The Morgan fingerprint density at radius 1 is 1.32 bits per heavy atom. The molecule has 9 heteroatoms. The minimum absolute atomic E-state index is 0. The van der Waals surface area contributed by atoms with Crippen LogP contribution in [0.25, 0.3) is 0 Å². The summed E-state index contributed by atoms with van der Waals surface area (Å²) in [6, 6.07) is 4.82. The maximum atomic E-state index is 12.5. The van der Waals surface area contributed by atoms with Crippen LogP contribution >= 0.6 is 12.4 Å². The van der Waals surface area contributed by atoms with Gasteiger partial charge in [-0.1, -0.05) is 6.07 Å². The van der Waals surface area contributed by atoms with Crippen LogP contribution < -0.4 is 15.4 Å². The molecular weight excluding hydrogens is 366 g/mol. The number of morpholine rings is 1. The van der Waals surface area contributed by atoms with E-state index in [4.69, 9.17) is 4.74 Å². The fraction of sp³-hybridized carbons (Fsp3) is 0.562. The predicted molar refractivity (Wildman–Crippen MR) is 99.7 cm³/mol. The van der Waals surface area contributed by atoms with Gasteiger partial charge in [0.05, 0.1) is 11.5 Å². The third-order valence-corrected chi connectivity index (χ3v) is 5.39. The number of nitrogens with one attached hydrogen (secondary N) is 3. The van der Waals surface area contributed by atoms with Gasteiger partial charge < -0.3 is 15.4 Å². The topological polar surface area (TPSA) is 96.5 Å². The standard InChI is InChI=1S/C16H25N3O4S.ClH/c1-11-12(18-15(20)13-10-17-8-9-23-13)6-5-7-14(11)24(21,22)19-16(2,3)4;/h5-7,13,17,19H,8-10H2,1-4H3,(H,18,20);1H. The van der Waals surface area contributed by atoms with Crippen LogP contribution in [0.15, 0.2) is 23.1 Å². The summed E-state index contributed by atoms with van der Waals surface area (Å²) < 4.78 is 33.1. The molecule has 1 aromatic carbocycles. The van der Waals surface area contributed by atoms with E-state index >= 15 is 0 Å². The first kappa shape index (κ1) is 21.9. The number of carbonyl (C=O) groups excluding carboxylic acids is 1. The zero-order chi connectivity index (χ0) is 18.0. The van der Waals surface area contributed by atoms with Crippen LogP contribution in [-0.4, -0.2) is 45.7 Å². The van der Waals surface area contributed by atoms with Crippen LogP contribution in [0.4, 0.5) is 5.69 Å². The van der Waals surface area contributed by atoms with Crippen molar-refractivity contribution in [1.29, 1.82) is 0 Å². The Morgan fingerprint density at radius 2 is 2.00 bits per heavy atom. The van der Waals surface area contributed by atoms with Crippen molar-refractivity contribution in [3.05, 3.63) is 23.8 Å². The summed E-state index contributed by atoms with van der Waals surface area (Å²) in [4.78, 5) is 12.4. The Labute approximate surface area is 155 Å². The third kappa shape index (κ3) is 5.93. The molecule has 0 aliphatic carbocycles.